The quantitative estimate of drug-likeness (QED) is 0.310. The van der Waals surface area contributed by atoms with Crippen molar-refractivity contribution in [3.8, 4) is 0 Å². The van der Waals surface area contributed by atoms with Gasteiger partial charge in [0.05, 0.1) is 17.9 Å². The van der Waals surface area contributed by atoms with Crippen molar-refractivity contribution < 1.29 is 45.7 Å². The van der Waals surface area contributed by atoms with Gasteiger partial charge in [0.15, 0.2) is 0 Å². The van der Waals surface area contributed by atoms with E-state index in [4.69, 9.17) is 19.3 Å². The van der Waals surface area contributed by atoms with Crippen molar-refractivity contribution in [3.05, 3.63) is 11.1 Å². The van der Waals surface area contributed by atoms with Gasteiger partial charge in [-0.1, -0.05) is 5.57 Å². The molecule has 0 aromatic rings. The average molecular weight is 346 g/mol. The predicted molar refractivity (Wildman–Crippen MR) is 69.0 cm³/mol. The first-order chi connectivity index (χ1) is 9.32. The van der Waals surface area contributed by atoms with Gasteiger partial charge in [-0.05, 0) is 12.8 Å². The molecule has 0 rings (SSSR count). The van der Waals surface area contributed by atoms with E-state index in [0.717, 1.165) is 0 Å². The molecule has 0 atom stereocenters. The van der Waals surface area contributed by atoms with E-state index in [2.05, 4.69) is 0 Å². The summed E-state index contributed by atoms with van der Waals surface area (Å²) in [6, 6.07) is 0. The maximum Gasteiger partial charge on any atom is 0.332 e. The van der Waals surface area contributed by atoms with Crippen molar-refractivity contribution in [2.45, 2.75) is 19.3 Å². The van der Waals surface area contributed by atoms with Crippen LogP contribution < -0.4 is 0 Å². The van der Waals surface area contributed by atoms with Crippen LogP contribution in [0, 0.1) is 0 Å². The van der Waals surface area contributed by atoms with Crippen molar-refractivity contribution in [3.63, 3.8) is 0 Å². The summed E-state index contributed by atoms with van der Waals surface area (Å²) in [6.07, 6.45) is -2.09. The second kappa shape index (κ2) is 7.49. The van der Waals surface area contributed by atoms with Crippen LogP contribution in [-0.2, 0) is 29.8 Å². The molecule has 0 spiro atoms. The molecule has 12 heteroatoms. The van der Waals surface area contributed by atoms with E-state index < -0.39 is 68.5 Å². The SMILES string of the molecule is O=C(O)CC(C(=O)O)=C(CCS(=O)(=O)O)CCS(=O)(=O)O. The van der Waals surface area contributed by atoms with Crippen LogP contribution in [0.4, 0.5) is 0 Å². The first kappa shape index (κ1) is 19.5. The van der Waals surface area contributed by atoms with Crippen molar-refractivity contribution >= 4 is 32.2 Å². The summed E-state index contributed by atoms with van der Waals surface area (Å²) in [5.74, 6) is -4.96. The number of hydrogen-bond acceptors (Lipinski definition) is 6. The third-order valence-electron chi connectivity index (χ3n) is 2.34. The van der Waals surface area contributed by atoms with E-state index in [0.29, 0.717) is 0 Å². The van der Waals surface area contributed by atoms with Crippen LogP contribution in [0.2, 0.25) is 0 Å². The second-order valence-electron chi connectivity index (χ2n) is 4.03. The van der Waals surface area contributed by atoms with Crippen LogP contribution in [0.3, 0.4) is 0 Å². The molecule has 0 aliphatic rings. The molecule has 21 heavy (non-hydrogen) atoms. The fraction of sp³-hybridized carbons (Fsp3) is 0.556. The van der Waals surface area contributed by atoms with Gasteiger partial charge in [0.25, 0.3) is 20.2 Å². The number of carboxylic acids is 2. The molecule has 0 aromatic carbocycles. The highest BCUT2D eigenvalue weighted by atomic mass is 32.2. The monoisotopic (exact) mass is 346 g/mol. The Bertz CT molecular complexity index is 602. The van der Waals surface area contributed by atoms with E-state index in [-0.39, 0.29) is 5.57 Å². The fourth-order valence-corrected chi connectivity index (χ4v) is 2.44. The molecule has 0 aliphatic heterocycles. The zero-order valence-corrected chi connectivity index (χ0v) is 12.2. The molecule has 0 saturated carbocycles. The Morgan fingerprint density at radius 2 is 1.19 bits per heavy atom. The molecule has 4 N–H and O–H groups in total. The lowest BCUT2D eigenvalue weighted by Gasteiger charge is -2.10. The standard InChI is InChI=1S/C9H14O10S2/c10-8(11)5-7(9(12)13)6(1-3-20(14,15)16)2-4-21(17,18)19/h1-5H2,(H,10,11)(H,12,13)(H,14,15,16)(H,17,18,19). The summed E-state index contributed by atoms with van der Waals surface area (Å²) in [5.41, 5.74) is -0.977. The zero-order valence-electron chi connectivity index (χ0n) is 10.6. The first-order valence-electron chi connectivity index (χ1n) is 5.38. The summed E-state index contributed by atoms with van der Waals surface area (Å²) in [5, 5.41) is 17.5. The summed E-state index contributed by atoms with van der Waals surface area (Å²) in [6.45, 7) is 0. The molecule has 0 amide bonds. The molecule has 122 valence electrons. The predicted octanol–water partition coefficient (Wildman–Crippen LogP) is -0.602. The van der Waals surface area contributed by atoms with Crippen LogP contribution in [-0.4, -0.2) is 59.6 Å². The maximum absolute atomic E-state index is 11.0. The highest BCUT2D eigenvalue weighted by Gasteiger charge is 2.20. The van der Waals surface area contributed by atoms with E-state index >= 15 is 0 Å². The Hall–Kier alpha value is -1.50. The summed E-state index contributed by atoms with van der Waals surface area (Å²) in [7, 11) is -8.89. The first-order valence-corrected chi connectivity index (χ1v) is 8.60. The van der Waals surface area contributed by atoms with Gasteiger partial charge >= 0.3 is 11.9 Å². The summed E-state index contributed by atoms with van der Waals surface area (Å²) in [4.78, 5) is 21.6. The number of carbonyl (C=O) groups is 2. The molecule has 0 saturated heterocycles. The van der Waals surface area contributed by atoms with Gasteiger partial charge < -0.3 is 10.2 Å². The number of hydrogen-bond donors (Lipinski definition) is 4. The minimum Gasteiger partial charge on any atom is -0.481 e. The van der Waals surface area contributed by atoms with E-state index in [1.807, 2.05) is 0 Å². The number of rotatable bonds is 9. The molecular formula is C9H14O10S2. The Balaban J connectivity index is 5.49. The van der Waals surface area contributed by atoms with Crippen LogP contribution >= 0.6 is 0 Å². The normalized spacial score (nSPS) is 11.9. The van der Waals surface area contributed by atoms with E-state index in [1.165, 1.54) is 0 Å². The molecule has 0 radical (unpaired) electrons. The topological polar surface area (TPSA) is 183 Å². The number of carboxylic acid groups (broad SMARTS) is 2. The van der Waals surface area contributed by atoms with Gasteiger partial charge in [0.2, 0.25) is 0 Å². The lowest BCUT2D eigenvalue weighted by atomic mass is 10.0. The molecule has 0 aliphatic carbocycles. The van der Waals surface area contributed by atoms with Gasteiger partial charge in [-0.15, -0.1) is 0 Å². The van der Waals surface area contributed by atoms with Gasteiger partial charge in [-0.25, -0.2) is 4.79 Å². The van der Waals surface area contributed by atoms with Crippen LogP contribution in [0.5, 0.6) is 0 Å². The maximum atomic E-state index is 11.0. The Morgan fingerprint density at radius 3 is 1.43 bits per heavy atom. The molecule has 10 nitrogen and oxygen atoms in total. The highest BCUT2D eigenvalue weighted by molar-refractivity contribution is 7.86. The lowest BCUT2D eigenvalue weighted by Crippen LogP contribution is -2.15. The largest absolute Gasteiger partial charge is 0.481 e. The smallest absolute Gasteiger partial charge is 0.332 e. The van der Waals surface area contributed by atoms with Crippen molar-refractivity contribution in [2.75, 3.05) is 11.5 Å². The third-order valence-corrected chi connectivity index (χ3v) is 3.78. The van der Waals surface area contributed by atoms with Gasteiger partial charge in [-0.2, -0.15) is 16.8 Å². The minimum atomic E-state index is -4.45. The molecule has 0 fully saturated rings. The third kappa shape index (κ3) is 9.95. The zero-order chi connectivity index (χ0) is 16.8. The van der Waals surface area contributed by atoms with Crippen LogP contribution in [0.25, 0.3) is 0 Å². The highest BCUT2D eigenvalue weighted by Crippen LogP contribution is 2.19. The molecule has 0 heterocycles. The van der Waals surface area contributed by atoms with Gasteiger partial charge in [0, 0.05) is 5.57 Å². The Morgan fingerprint density at radius 1 is 0.810 bits per heavy atom. The molecule has 0 aromatic heterocycles. The average Bonchev–Trinajstić information content (AvgIpc) is 2.23. The summed E-state index contributed by atoms with van der Waals surface area (Å²) < 4.78 is 59.8. The Labute approximate surface area is 120 Å². The van der Waals surface area contributed by atoms with Gasteiger partial charge in [-0.3, -0.25) is 13.9 Å². The van der Waals surface area contributed by atoms with Crippen molar-refractivity contribution in [2.24, 2.45) is 0 Å². The molecule has 0 unspecified atom stereocenters. The van der Waals surface area contributed by atoms with E-state index in [9.17, 15) is 26.4 Å². The molecular weight excluding hydrogens is 332 g/mol. The summed E-state index contributed by atoms with van der Waals surface area (Å²) >= 11 is 0. The Kier molecular flexibility index (Phi) is 6.96. The van der Waals surface area contributed by atoms with Crippen LogP contribution in [0.15, 0.2) is 11.1 Å². The fourth-order valence-electron chi connectivity index (χ4n) is 1.43. The van der Waals surface area contributed by atoms with E-state index in [1.54, 1.807) is 0 Å². The lowest BCUT2D eigenvalue weighted by molar-refractivity contribution is -0.139. The van der Waals surface area contributed by atoms with Crippen molar-refractivity contribution in [1.82, 2.24) is 0 Å². The van der Waals surface area contributed by atoms with Crippen molar-refractivity contribution in [1.29, 1.82) is 0 Å². The number of allylic oxidation sites excluding steroid dienone is 1. The number of aliphatic carboxylic acids is 2. The second-order valence-corrected chi connectivity index (χ2v) is 7.17. The van der Waals surface area contributed by atoms with Crippen LogP contribution in [0.1, 0.15) is 19.3 Å². The molecule has 0 bridgehead atoms. The minimum absolute atomic E-state index is 0.292. The van der Waals surface area contributed by atoms with Gasteiger partial charge in [0.1, 0.15) is 0 Å².